The summed E-state index contributed by atoms with van der Waals surface area (Å²) in [5.41, 5.74) is 0. The van der Waals surface area contributed by atoms with E-state index in [2.05, 4.69) is 62.5 Å². The van der Waals surface area contributed by atoms with E-state index in [0.717, 1.165) is 51.4 Å². The fourth-order valence-corrected chi connectivity index (χ4v) is 4.82. The molecule has 0 aliphatic rings. The second kappa shape index (κ2) is 31.3. The molecule has 0 radical (unpaired) electrons. The Bertz CT molecular complexity index is 975. The number of carbonyl (C=O) groups is 3. The number of nitrogens with zero attached hydrogens (tertiary/aromatic N) is 1. The fraction of sp³-hybridized carbons (Fsp3) is 0.675. The first-order chi connectivity index (χ1) is 23.1. The standard InChI is InChI=1S/C40H67NO7/c1-6-8-10-12-14-16-17-18-19-20-21-22-23-25-27-29-31-39(43)48-36(34-46-33-32-37(40(44)45)41(3,4)5)35-47-38(42)30-28-26-24-15-13-11-9-7-2/h8,10,14,16,18-19,21-22,25,27,36-37H,6-7,9,11-13,15,17,20,23-24,26,28-35H2,1-5H3/b10-8+,16-14+,19-18+,22-21+,27-25+. The SMILES string of the molecule is CC/C=C/C/C=C/C/C=C/C/C=C/C/C=C/CCC(=O)OC(COCCC(C(=O)[O-])[N+](C)(C)C)COC(=O)CCCCCCCCCC. The second-order valence-corrected chi connectivity index (χ2v) is 13.1. The molecule has 8 heteroatoms. The lowest BCUT2D eigenvalue weighted by Crippen LogP contribution is -2.55. The smallest absolute Gasteiger partial charge is 0.306 e. The maximum Gasteiger partial charge on any atom is 0.306 e. The number of aliphatic carboxylic acids is 1. The Morgan fingerprint density at radius 1 is 0.646 bits per heavy atom. The van der Waals surface area contributed by atoms with Gasteiger partial charge < -0.3 is 28.6 Å². The normalized spacial score (nSPS) is 13.8. The molecule has 0 saturated carbocycles. The molecule has 0 aromatic heterocycles. The first kappa shape index (κ1) is 45.0. The number of rotatable bonds is 31. The molecule has 0 spiro atoms. The Balaban J connectivity index is 4.57. The highest BCUT2D eigenvalue weighted by Gasteiger charge is 2.25. The summed E-state index contributed by atoms with van der Waals surface area (Å²) < 4.78 is 16.9. The van der Waals surface area contributed by atoms with E-state index in [1.165, 1.54) is 32.1 Å². The number of carbonyl (C=O) groups excluding carboxylic acids is 3. The molecule has 0 heterocycles. The number of ether oxygens (including phenoxy) is 3. The Hall–Kier alpha value is -2.97. The molecular formula is C40H67NO7. The van der Waals surface area contributed by atoms with E-state index in [1.54, 1.807) is 21.1 Å². The first-order valence-corrected chi connectivity index (χ1v) is 18.3. The van der Waals surface area contributed by atoms with Crippen molar-refractivity contribution in [2.75, 3.05) is 41.0 Å². The zero-order chi connectivity index (χ0) is 35.7. The van der Waals surface area contributed by atoms with Crippen LogP contribution in [0.2, 0.25) is 0 Å². The number of carboxylic acid groups (broad SMARTS) is 1. The summed E-state index contributed by atoms with van der Waals surface area (Å²) in [4.78, 5) is 36.5. The van der Waals surface area contributed by atoms with Gasteiger partial charge in [0.25, 0.3) is 0 Å². The van der Waals surface area contributed by atoms with Crippen molar-refractivity contribution in [2.45, 2.75) is 135 Å². The second-order valence-electron chi connectivity index (χ2n) is 13.1. The van der Waals surface area contributed by atoms with Crippen LogP contribution in [0.25, 0.3) is 0 Å². The molecule has 2 unspecified atom stereocenters. The molecule has 0 aromatic rings. The third kappa shape index (κ3) is 29.2. The molecule has 48 heavy (non-hydrogen) atoms. The number of unbranched alkanes of at least 4 members (excludes halogenated alkanes) is 7. The number of hydrogen-bond acceptors (Lipinski definition) is 7. The molecule has 8 nitrogen and oxygen atoms in total. The third-order valence-corrected chi connectivity index (χ3v) is 7.68. The molecule has 2 atom stereocenters. The van der Waals surface area contributed by atoms with E-state index in [-0.39, 0.29) is 43.1 Å². The van der Waals surface area contributed by atoms with Crippen molar-refractivity contribution in [1.29, 1.82) is 0 Å². The van der Waals surface area contributed by atoms with Gasteiger partial charge in [-0.3, -0.25) is 9.59 Å². The van der Waals surface area contributed by atoms with Crippen LogP contribution in [0.15, 0.2) is 60.8 Å². The molecule has 0 fully saturated rings. The lowest BCUT2D eigenvalue weighted by Gasteiger charge is -2.34. The van der Waals surface area contributed by atoms with Crippen LogP contribution in [0.3, 0.4) is 0 Å². The van der Waals surface area contributed by atoms with E-state index in [4.69, 9.17) is 14.2 Å². The third-order valence-electron chi connectivity index (χ3n) is 7.68. The van der Waals surface area contributed by atoms with Gasteiger partial charge in [0.05, 0.1) is 40.3 Å². The van der Waals surface area contributed by atoms with Crippen LogP contribution in [0.1, 0.15) is 123 Å². The lowest BCUT2D eigenvalue weighted by atomic mass is 10.1. The van der Waals surface area contributed by atoms with Crippen molar-refractivity contribution < 1.29 is 38.2 Å². The molecule has 0 bridgehead atoms. The zero-order valence-corrected chi connectivity index (χ0v) is 30.9. The van der Waals surface area contributed by atoms with Crippen LogP contribution in [0, 0.1) is 0 Å². The zero-order valence-electron chi connectivity index (χ0n) is 30.9. The van der Waals surface area contributed by atoms with Crippen LogP contribution in [-0.2, 0) is 28.6 Å². The molecule has 0 aliphatic carbocycles. The molecule has 274 valence electrons. The topological polar surface area (TPSA) is 102 Å². The summed E-state index contributed by atoms with van der Waals surface area (Å²) in [5, 5.41) is 11.5. The molecule has 0 amide bonds. The molecule has 0 N–H and O–H groups in total. The minimum Gasteiger partial charge on any atom is -0.544 e. The largest absolute Gasteiger partial charge is 0.544 e. The van der Waals surface area contributed by atoms with Gasteiger partial charge in [0.2, 0.25) is 0 Å². The van der Waals surface area contributed by atoms with Crippen molar-refractivity contribution >= 4 is 17.9 Å². The number of carboxylic acids is 1. The van der Waals surface area contributed by atoms with E-state index >= 15 is 0 Å². The summed E-state index contributed by atoms with van der Waals surface area (Å²) in [7, 11) is 5.36. The first-order valence-electron chi connectivity index (χ1n) is 18.3. The predicted octanol–water partition coefficient (Wildman–Crippen LogP) is 7.74. The van der Waals surface area contributed by atoms with Gasteiger partial charge in [-0.15, -0.1) is 0 Å². The quantitative estimate of drug-likeness (QED) is 0.0321. The highest BCUT2D eigenvalue weighted by Crippen LogP contribution is 2.11. The number of quaternary nitrogens is 1. The Morgan fingerprint density at radius 2 is 1.17 bits per heavy atom. The van der Waals surface area contributed by atoms with Gasteiger partial charge in [0, 0.05) is 19.3 Å². The minimum absolute atomic E-state index is 0.00929. The number of hydrogen-bond donors (Lipinski definition) is 0. The molecule has 0 aliphatic heterocycles. The summed E-state index contributed by atoms with van der Waals surface area (Å²) in [5.74, 6) is -1.86. The predicted molar refractivity (Wildman–Crippen MR) is 194 cm³/mol. The summed E-state index contributed by atoms with van der Waals surface area (Å²) in [6.45, 7) is 4.40. The fourth-order valence-electron chi connectivity index (χ4n) is 4.82. The van der Waals surface area contributed by atoms with Crippen LogP contribution in [0.4, 0.5) is 0 Å². The summed E-state index contributed by atoms with van der Waals surface area (Å²) in [6.07, 6.45) is 35.6. The van der Waals surface area contributed by atoms with Crippen LogP contribution in [0.5, 0.6) is 0 Å². The summed E-state index contributed by atoms with van der Waals surface area (Å²) >= 11 is 0. The van der Waals surface area contributed by atoms with Crippen LogP contribution in [-0.4, -0.2) is 75.5 Å². The van der Waals surface area contributed by atoms with Crippen LogP contribution < -0.4 is 5.11 Å². The number of esters is 2. The maximum atomic E-state index is 12.6. The Morgan fingerprint density at radius 3 is 1.69 bits per heavy atom. The van der Waals surface area contributed by atoms with E-state index < -0.39 is 24.1 Å². The number of allylic oxidation sites excluding steroid dienone is 10. The van der Waals surface area contributed by atoms with Crippen LogP contribution >= 0.6 is 0 Å². The number of likely N-dealkylation sites (N-methyl/N-ethyl adjacent to an activating group) is 1. The average Bonchev–Trinajstić information content (AvgIpc) is 3.03. The molecule has 0 rings (SSSR count). The van der Waals surface area contributed by atoms with Crippen molar-refractivity contribution in [1.82, 2.24) is 0 Å². The van der Waals surface area contributed by atoms with Gasteiger partial charge in [0.1, 0.15) is 12.6 Å². The van der Waals surface area contributed by atoms with Gasteiger partial charge in [0.15, 0.2) is 6.10 Å². The van der Waals surface area contributed by atoms with Crippen molar-refractivity contribution in [2.24, 2.45) is 0 Å². The highest BCUT2D eigenvalue weighted by atomic mass is 16.6. The van der Waals surface area contributed by atoms with Gasteiger partial charge in [-0.25, -0.2) is 0 Å². The van der Waals surface area contributed by atoms with Crippen molar-refractivity contribution in [3.63, 3.8) is 0 Å². The van der Waals surface area contributed by atoms with Gasteiger partial charge >= 0.3 is 11.9 Å². The van der Waals surface area contributed by atoms with Gasteiger partial charge in [-0.1, -0.05) is 120 Å². The van der Waals surface area contributed by atoms with Crippen molar-refractivity contribution in [3.05, 3.63) is 60.8 Å². The Kier molecular flexibility index (Phi) is 29.4. The van der Waals surface area contributed by atoms with Crippen molar-refractivity contribution in [3.8, 4) is 0 Å². The van der Waals surface area contributed by atoms with Gasteiger partial charge in [-0.2, -0.15) is 0 Å². The minimum atomic E-state index is -1.14. The summed E-state index contributed by atoms with van der Waals surface area (Å²) in [6, 6.07) is -0.737. The molecular weight excluding hydrogens is 606 g/mol. The lowest BCUT2D eigenvalue weighted by molar-refractivity contribution is -0.889. The average molecular weight is 674 g/mol. The Labute approximate surface area is 292 Å². The molecule has 0 aromatic carbocycles. The van der Waals surface area contributed by atoms with E-state index in [9.17, 15) is 19.5 Å². The van der Waals surface area contributed by atoms with Gasteiger partial charge in [-0.05, 0) is 44.9 Å². The van der Waals surface area contributed by atoms with E-state index in [0.29, 0.717) is 12.8 Å². The molecule has 0 saturated heterocycles. The monoisotopic (exact) mass is 673 g/mol. The van der Waals surface area contributed by atoms with E-state index in [1.807, 2.05) is 12.2 Å². The highest BCUT2D eigenvalue weighted by molar-refractivity contribution is 5.70. The maximum absolute atomic E-state index is 12.6.